The van der Waals surface area contributed by atoms with Crippen molar-refractivity contribution in [1.29, 1.82) is 0 Å². The summed E-state index contributed by atoms with van der Waals surface area (Å²) in [5.74, 6) is -1.04. The SMILES string of the molecule is C=CCC(C)(OC(C)C)C(OC(C)C)(OC(C)C)O[Si](C=C)(OCC(C)C)OCC(C)C. The molecule has 0 aromatic rings. The smallest absolute Gasteiger partial charge is 0.370 e. The Morgan fingerprint density at radius 1 is 0.719 bits per heavy atom. The summed E-state index contributed by atoms with van der Waals surface area (Å²) in [6.07, 6.45) is 1.67. The topological polar surface area (TPSA) is 55.4 Å². The van der Waals surface area contributed by atoms with E-state index in [1.807, 2.05) is 48.5 Å². The lowest BCUT2D eigenvalue weighted by Gasteiger charge is -2.50. The molecule has 0 saturated heterocycles. The van der Waals surface area contributed by atoms with Crippen LogP contribution in [0.15, 0.2) is 24.9 Å². The van der Waals surface area contributed by atoms with E-state index in [0.717, 1.165) is 0 Å². The zero-order chi connectivity index (χ0) is 25.2. The van der Waals surface area contributed by atoms with Gasteiger partial charge in [0.25, 0.3) is 0 Å². The first-order valence-corrected chi connectivity index (χ1v) is 13.7. The molecule has 0 aromatic heterocycles. The molecule has 0 bridgehead atoms. The van der Waals surface area contributed by atoms with Crippen LogP contribution in [0.1, 0.15) is 82.6 Å². The fourth-order valence-corrected chi connectivity index (χ4v) is 5.45. The molecule has 0 saturated carbocycles. The summed E-state index contributed by atoms with van der Waals surface area (Å²) in [5, 5.41) is 0. The molecule has 0 radical (unpaired) electrons. The minimum absolute atomic E-state index is 0.109. The van der Waals surface area contributed by atoms with E-state index in [-0.39, 0.29) is 30.1 Å². The van der Waals surface area contributed by atoms with Gasteiger partial charge < -0.3 is 27.5 Å². The van der Waals surface area contributed by atoms with Crippen LogP contribution < -0.4 is 0 Å². The molecule has 0 fully saturated rings. The van der Waals surface area contributed by atoms with Crippen molar-refractivity contribution in [3.05, 3.63) is 24.9 Å². The van der Waals surface area contributed by atoms with Crippen LogP contribution in [0.25, 0.3) is 0 Å². The van der Waals surface area contributed by atoms with Gasteiger partial charge in [-0.3, -0.25) is 0 Å². The van der Waals surface area contributed by atoms with Crippen molar-refractivity contribution in [2.45, 2.75) is 112 Å². The fraction of sp³-hybridized carbons (Fsp3) is 0.840. The first kappa shape index (κ1) is 31.5. The first-order valence-electron chi connectivity index (χ1n) is 11.9. The summed E-state index contributed by atoms with van der Waals surface area (Å²) in [5.41, 5.74) is 0.630. The van der Waals surface area contributed by atoms with E-state index in [1.54, 1.807) is 11.8 Å². The third kappa shape index (κ3) is 10.2. The van der Waals surface area contributed by atoms with Crippen molar-refractivity contribution in [2.75, 3.05) is 13.2 Å². The van der Waals surface area contributed by atoms with Crippen LogP contribution in [0.2, 0.25) is 0 Å². The van der Waals surface area contributed by atoms with Crippen LogP contribution in [0.4, 0.5) is 0 Å². The second kappa shape index (κ2) is 14.0. The van der Waals surface area contributed by atoms with Crippen molar-refractivity contribution in [1.82, 2.24) is 0 Å². The summed E-state index contributed by atoms with van der Waals surface area (Å²) in [6, 6.07) is 0. The molecule has 190 valence electrons. The summed E-state index contributed by atoms with van der Waals surface area (Å²) in [7, 11) is -3.45. The molecule has 0 N–H and O–H groups in total. The quantitative estimate of drug-likeness (QED) is 0.132. The standard InChI is InChI=1S/C25H50O6Si/c1-14-16-24(13,28-21(7)8)25(29-22(9)10,30-23(11)12)31-32(15-2,26-17-19(3)4)27-18-20(5)6/h14-15,19-23H,1-2,16-18H2,3-13H3. The number of ether oxygens (including phenoxy) is 3. The van der Waals surface area contributed by atoms with E-state index < -0.39 is 20.4 Å². The van der Waals surface area contributed by atoms with E-state index in [1.165, 1.54) is 0 Å². The van der Waals surface area contributed by atoms with Crippen LogP contribution in [-0.2, 0) is 27.5 Å². The number of hydrogen-bond acceptors (Lipinski definition) is 6. The highest BCUT2D eigenvalue weighted by molar-refractivity contribution is 6.66. The molecule has 0 aliphatic rings. The average molecular weight is 475 g/mol. The lowest BCUT2D eigenvalue weighted by atomic mass is 9.97. The molecule has 0 amide bonds. The Labute approximate surface area is 199 Å². The van der Waals surface area contributed by atoms with Crippen molar-refractivity contribution in [2.24, 2.45) is 11.8 Å². The van der Waals surface area contributed by atoms with Gasteiger partial charge in [-0.1, -0.05) is 40.3 Å². The van der Waals surface area contributed by atoms with Gasteiger partial charge in [0, 0.05) is 19.6 Å². The number of rotatable bonds is 18. The minimum Gasteiger partial charge on any atom is -0.370 e. The van der Waals surface area contributed by atoms with E-state index in [9.17, 15) is 0 Å². The Balaban J connectivity index is 6.73. The van der Waals surface area contributed by atoms with Crippen molar-refractivity contribution in [3.8, 4) is 0 Å². The van der Waals surface area contributed by atoms with Crippen LogP contribution in [-0.4, -0.2) is 51.9 Å². The first-order chi connectivity index (χ1) is 14.7. The van der Waals surface area contributed by atoms with Crippen LogP contribution in [0, 0.1) is 11.8 Å². The van der Waals surface area contributed by atoms with Crippen molar-refractivity contribution in [3.63, 3.8) is 0 Å². The lowest BCUT2D eigenvalue weighted by Crippen LogP contribution is -2.67. The van der Waals surface area contributed by atoms with Crippen LogP contribution >= 0.6 is 0 Å². The van der Waals surface area contributed by atoms with Gasteiger partial charge in [-0.05, 0) is 66.0 Å². The predicted octanol–water partition coefficient (Wildman–Crippen LogP) is 6.28. The molecule has 0 rings (SSSR count). The molecule has 0 aliphatic carbocycles. The van der Waals surface area contributed by atoms with Crippen LogP contribution in [0.3, 0.4) is 0 Å². The van der Waals surface area contributed by atoms with Crippen LogP contribution in [0.5, 0.6) is 0 Å². The molecule has 0 aliphatic heterocycles. The molecule has 0 heterocycles. The Morgan fingerprint density at radius 2 is 1.12 bits per heavy atom. The molecule has 0 aromatic carbocycles. The van der Waals surface area contributed by atoms with Gasteiger partial charge in [0.2, 0.25) is 0 Å². The maximum Gasteiger partial charge on any atom is 0.533 e. The Kier molecular flexibility index (Phi) is 13.8. The van der Waals surface area contributed by atoms with E-state index in [4.69, 9.17) is 27.5 Å². The zero-order valence-corrected chi connectivity index (χ0v) is 23.5. The summed E-state index contributed by atoms with van der Waals surface area (Å²) >= 11 is 0. The average Bonchev–Trinajstić information content (AvgIpc) is 2.62. The molecule has 32 heavy (non-hydrogen) atoms. The van der Waals surface area contributed by atoms with Gasteiger partial charge in [0.05, 0.1) is 18.3 Å². The Hall–Kier alpha value is -0.543. The minimum atomic E-state index is -3.45. The molecule has 1 unspecified atom stereocenters. The van der Waals surface area contributed by atoms with E-state index in [0.29, 0.717) is 19.6 Å². The monoisotopic (exact) mass is 474 g/mol. The normalized spacial score (nSPS) is 15.2. The molecule has 7 heteroatoms. The largest absolute Gasteiger partial charge is 0.533 e. The molecule has 0 spiro atoms. The zero-order valence-electron chi connectivity index (χ0n) is 22.5. The second-order valence-electron chi connectivity index (χ2n) is 10.1. The van der Waals surface area contributed by atoms with Gasteiger partial charge in [-0.25, -0.2) is 0 Å². The van der Waals surface area contributed by atoms with Gasteiger partial charge in [0.1, 0.15) is 5.60 Å². The Morgan fingerprint density at radius 3 is 1.41 bits per heavy atom. The van der Waals surface area contributed by atoms with E-state index >= 15 is 0 Å². The summed E-state index contributed by atoms with van der Waals surface area (Å²) in [6.45, 7) is 30.8. The summed E-state index contributed by atoms with van der Waals surface area (Å²) < 4.78 is 38.7. The lowest BCUT2D eigenvalue weighted by molar-refractivity contribution is -0.444. The fourth-order valence-electron chi connectivity index (χ4n) is 3.11. The Bertz CT molecular complexity index is 525. The molecule has 1 atom stereocenters. The highest BCUT2D eigenvalue weighted by atomic mass is 28.4. The van der Waals surface area contributed by atoms with Gasteiger partial charge in [0.15, 0.2) is 0 Å². The summed E-state index contributed by atoms with van der Waals surface area (Å²) in [4.78, 5) is 0. The van der Waals surface area contributed by atoms with Crippen molar-refractivity contribution >= 4 is 8.80 Å². The molecular formula is C25H50O6Si. The molecule has 6 nitrogen and oxygen atoms in total. The highest BCUT2D eigenvalue weighted by Gasteiger charge is 2.60. The third-order valence-electron chi connectivity index (χ3n) is 4.22. The van der Waals surface area contributed by atoms with Gasteiger partial charge in [-0.2, -0.15) is 0 Å². The second-order valence-corrected chi connectivity index (χ2v) is 12.5. The maximum atomic E-state index is 6.78. The van der Waals surface area contributed by atoms with Gasteiger partial charge in [-0.15, -0.1) is 6.58 Å². The van der Waals surface area contributed by atoms with E-state index in [2.05, 4.69) is 40.9 Å². The van der Waals surface area contributed by atoms with Gasteiger partial charge >= 0.3 is 14.8 Å². The predicted molar refractivity (Wildman–Crippen MR) is 133 cm³/mol. The third-order valence-corrected chi connectivity index (χ3v) is 6.41. The highest BCUT2D eigenvalue weighted by Crippen LogP contribution is 2.41. The molecular weight excluding hydrogens is 424 g/mol. The maximum absolute atomic E-state index is 6.78. The number of hydrogen-bond donors (Lipinski definition) is 0. The van der Waals surface area contributed by atoms with Crippen molar-refractivity contribution < 1.29 is 27.5 Å².